The topological polar surface area (TPSA) is 88.1 Å². The van der Waals surface area contributed by atoms with Crippen LogP contribution in [0, 0.1) is 5.92 Å². The molecule has 2 N–H and O–H groups in total. The number of alkyl carbamates (subject to hydrolysis) is 1. The maximum Gasteiger partial charge on any atom is 0.410 e. The SMILES string of the molecule is CC(C)(C)OC(=O)N[C@@H]1CN(C(=O)OCc2ccccc2)C[C@@H]1C(C)(C)O. The molecule has 7 nitrogen and oxygen atoms in total. The Balaban J connectivity index is 1.99. The van der Waals surface area contributed by atoms with Crippen molar-refractivity contribution in [3.05, 3.63) is 35.9 Å². The predicted octanol–water partition coefficient (Wildman–Crippen LogP) is 2.92. The third-order valence-electron chi connectivity index (χ3n) is 4.39. The van der Waals surface area contributed by atoms with Crippen molar-refractivity contribution in [2.75, 3.05) is 13.1 Å². The van der Waals surface area contributed by atoms with Crippen LogP contribution in [-0.4, -0.2) is 52.5 Å². The van der Waals surface area contributed by atoms with E-state index in [9.17, 15) is 14.7 Å². The van der Waals surface area contributed by atoms with Crippen molar-refractivity contribution in [3.63, 3.8) is 0 Å². The van der Waals surface area contributed by atoms with E-state index in [0.717, 1.165) is 5.56 Å². The van der Waals surface area contributed by atoms with E-state index in [0.29, 0.717) is 0 Å². The third kappa shape index (κ3) is 6.43. The number of hydrogen-bond donors (Lipinski definition) is 2. The Morgan fingerprint density at radius 3 is 2.33 bits per heavy atom. The van der Waals surface area contributed by atoms with Crippen LogP contribution < -0.4 is 5.32 Å². The summed E-state index contributed by atoms with van der Waals surface area (Å²) in [6.45, 7) is 9.39. The summed E-state index contributed by atoms with van der Waals surface area (Å²) in [7, 11) is 0. The number of aliphatic hydroxyl groups is 1. The molecular formula is C20H30N2O5. The highest BCUT2D eigenvalue weighted by Gasteiger charge is 2.44. The molecule has 0 aromatic heterocycles. The van der Waals surface area contributed by atoms with Gasteiger partial charge in [0.25, 0.3) is 0 Å². The van der Waals surface area contributed by atoms with Gasteiger partial charge in [0.2, 0.25) is 0 Å². The summed E-state index contributed by atoms with van der Waals surface area (Å²) in [5, 5.41) is 13.2. The first-order chi connectivity index (χ1) is 12.5. The molecule has 1 saturated heterocycles. The largest absolute Gasteiger partial charge is 0.445 e. The quantitative estimate of drug-likeness (QED) is 0.841. The number of benzene rings is 1. The van der Waals surface area contributed by atoms with E-state index in [1.165, 1.54) is 4.90 Å². The fourth-order valence-corrected chi connectivity index (χ4v) is 3.08. The number of hydrogen-bond acceptors (Lipinski definition) is 5. The molecule has 0 spiro atoms. The Bertz CT molecular complexity index is 649. The van der Waals surface area contributed by atoms with Crippen molar-refractivity contribution < 1.29 is 24.2 Å². The highest BCUT2D eigenvalue weighted by atomic mass is 16.6. The molecule has 0 saturated carbocycles. The number of carbonyl (C=O) groups excluding carboxylic acids is 2. The zero-order chi connectivity index (χ0) is 20.2. The van der Waals surface area contributed by atoms with Gasteiger partial charge in [0.15, 0.2) is 0 Å². The van der Waals surface area contributed by atoms with Gasteiger partial charge in [0.1, 0.15) is 12.2 Å². The lowest BCUT2D eigenvalue weighted by Crippen LogP contribution is -2.49. The molecule has 0 aliphatic carbocycles. The average Bonchev–Trinajstić information content (AvgIpc) is 2.95. The van der Waals surface area contributed by atoms with Crippen LogP contribution in [-0.2, 0) is 16.1 Å². The lowest BCUT2D eigenvalue weighted by molar-refractivity contribution is 0.00752. The lowest BCUT2D eigenvalue weighted by Gasteiger charge is -2.30. The van der Waals surface area contributed by atoms with Gasteiger partial charge in [0, 0.05) is 19.0 Å². The van der Waals surface area contributed by atoms with Gasteiger partial charge in [-0.3, -0.25) is 0 Å². The minimum absolute atomic E-state index is 0.174. The third-order valence-corrected chi connectivity index (χ3v) is 4.39. The Hall–Kier alpha value is -2.28. The minimum atomic E-state index is -1.08. The van der Waals surface area contributed by atoms with Crippen molar-refractivity contribution in [3.8, 4) is 0 Å². The number of nitrogens with one attached hydrogen (secondary N) is 1. The molecule has 0 bridgehead atoms. The summed E-state index contributed by atoms with van der Waals surface area (Å²) in [5.74, 6) is -0.339. The van der Waals surface area contributed by atoms with Gasteiger partial charge in [0.05, 0.1) is 11.6 Å². The van der Waals surface area contributed by atoms with Gasteiger partial charge >= 0.3 is 12.2 Å². The normalized spacial score (nSPS) is 20.3. The number of rotatable bonds is 4. The fraction of sp³-hybridized carbons (Fsp3) is 0.600. The monoisotopic (exact) mass is 378 g/mol. The van der Waals surface area contributed by atoms with E-state index in [2.05, 4.69) is 5.32 Å². The Morgan fingerprint density at radius 2 is 1.78 bits per heavy atom. The van der Waals surface area contributed by atoms with Crippen molar-refractivity contribution in [2.45, 2.75) is 58.5 Å². The molecule has 150 valence electrons. The zero-order valence-electron chi connectivity index (χ0n) is 16.7. The van der Waals surface area contributed by atoms with E-state index in [1.54, 1.807) is 34.6 Å². The molecule has 1 aliphatic rings. The molecule has 0 unspecified atom stereocenters. The van der Waals surface area contributed by atoms with Gasteiger partial charge in [-0.05, 0) is 40.2 Å². The molecule has 2 amide bonds. The average molecular weight is 378 g/mol. The van der Waals surface area contributed by atoms with Crippen LogP contribution >= 0.6 is 0 Å². The van der Waals surface area contributed by atoms with Gasteiger partial charge in [-0.25, -0.2) is 9.59 Å². The fourth-order valence-electron chi connectivity index (χ4n) is 3.08. The maximum atomic E-state index is 12.4. The summed E-state index contributed by atoms with van der Waals surface area (Å²) in [4.78, 5) is 26.1. The van der Waals surface area contributed by atoms with Crippen LogP contribution in [0.3, 0.4) is 0 Å². The Labute approximate surface area is 160 Å². The predicted molar refractivity (Wildman–Crippen MR) is 101 cm³/mol. The molecule has 27 heavy (non-hydrogen) atoms. The number of amides is 2. The van der Waals surface area contributed by atoms with E-state index in [-0.39, 0.29) is 25.6 Å². The second kappa shape index (κ2) is 8.17. The second-order valence-electron chi connectivity index (χ2n) is 8.46. The Morgan fingerprint density at radius 1 is 1.15 bits per heavy atom. The van der Waals surface area contributed by atoms with E-state index >= 15 is 0 Å². The number of nitrogens with zero attached hydrogens (tertiary/aromatic N) is 1. The standard InChI is InChI=1S/C20H30N2O5/c1-19(2,3)27-17(23)21-16-12-22(11-15(16)20(4,5)25)18(24)26-13-14-9-7-6-8-10-14/h6-10,15-16,25H,11-13H2,1-5H3,(H,21,23)/t15-,16+/m0/s1. The van der Waals surface area contributed by atoms with Crippen molar-refractivity contribution in [2.24, 2.45) is 5.92 Å². The lowest BCUT2D eigenvalue weighted by atomic mass is 9.87. The molecule has 1 aromatic carbocycles. The van der Waals surface area contributed by atoms with Gasteiger partial charge < -0.3 is 24.8 Å². The first-order valence-corrected chi connectivity index (χ1v) is 9.13. The summed E-state index contributed by atoms with van der Waals surface area (Å²) < 4.78 is 10.7. The summed E-state index contributed by atoms with van der Waals surface area (Å²) in [6.07, 6.45) is -1.04. The smallest absolute Gasteiger partial charge is 0.410 e. The van der Waals surface area contributed by atoms with Crippen LogP contribution in [0.15, 0.2) is 30.3 Å². The van der Waals surface area contributed by atoms with Crippen LogP contribution in [0.2, 0.25) is 0 Å². The van der Waals surface area contributed by atoms with Gasteiger partial charge in [-0.1, -0.05) is 30.3 Å². The maximum absolute atomic E-state index is 12.4. The first kappa shape index (κ1) is 21.0. The van der Waals surface area contributed by atoms with Gasteiger partial charge in [-0.2, -0.15) is 0 Å². The summed E-state index contributed by atoms with van der Waals surface area (Å²) >= 11 is 0. The number of likely N-dealkylation sites (tertiary alicyclic amines) is 1. The number of ether oxygens (including phenoxy) is 2. The van der Waals surface area contributed by atoms with Crippen molar-refractivity contribution in [1.29, 1.82) is 0 Å². The summed E-state index contributed by atoms with van der Waals surface area (Å²) in [5.41, 5.74) is -0.803. The van der Waals surface area contributed by atoms with E-state index in [4.69, 9.17) is 9.47 Å². The van der Waals surface area contributed by atoms with Gasteiger partial charge in [-0.15, -0.1) is 0 Å². The first-order valence-electron chi connectivity index (χ1n) is 9.13. The molecule has 7 heteroatoms. The van der Waals surface area contributed by atoms with Crippen LogP contribution in [0.25, 0.3) is 0 Å². The van der Waals surface area contributed by atoms with Crippen LogP contribution in [0.1, 0.15) is 40.2 Å². The van der Waals surface area contributed by atoms with Crippen molar-refractivity contribution >= 4 is 12.2 Å². The van der Waals surface area contributed by atoms with Crippen LogP contribution in [0.5, 0.6) is 0 Å². The molecule has 1 heterocycles. The molecule has 2 atom stereocenters. The van der Waals surface area contributed by atoms with Crippen LogP contribution in [0.4, 0.5) is 9.59 Å². The molecular weight excluding hydrogens is 348 g/mol. The van der Waals surface area contributed by atoms with Crippen molar-refractivity contribution in [1.82, 2.24) is 10.2 Å². The van der Waals surface area contributed by atoms with E-state index in [1.807, 2.05) is 30.3 Å². The molecule has 1 fully saturated rings. The molecule has 0 radical (unpaired) electrons. The number of carbonyl (C=O) groups is 2. The summed E-state index contributed by atoms with van der Waals surface area (Å²) in [6, 6.07) is 8.98. The zero-order valence-corrected chi connectivity index (χ0v) is 16.7. The highest BCUT2D eigenvalue weighted by molar-refractivity contribution is 5.70. The second-order valence-corrected chi connectivity index (χ2v) is 8.46. The Kier molecular flexibility index (Phi) is 6.36. The molecule has 2 rings (SSSR count). The minimum Gasteiger partial charge on any atom is -0.445 e. The highest BCUT2D eigenvalue weighted by Crippen LogP contribution is 2.28. The van der Waals surface area contributed by atoms with E-state index < -0.39 is 29.4 Å². The molecule has 1 aromatic rings. The molecule has 1 aliphatic heterocycles.